The van der Waals surface area contributed by atoms with Gasteiger partial charge in [0.15, 0.2) is 11.5 Å². The summed E-state index contributed by atoms with van der Waals surface area (Å²) in [6, 6.07) is 5.84. The van der Waals surface area contributed by atoms with Crippen LogP contribution in [0, 0.1) is 0 Å². The van der Waals surface area contributed by atoms with Crippen LogP contribution in [0.2, 0.25) is 0 Å². The van der Waals surface area contributed by atoms with Crippen molar-refractivity contribution in [2.24, 2.45) is 5.73 Å². The Morgan fingerprint density at radius 2 is 1.67 bits per heavy atom. The van der Waals surface area contributed by atoms with E-state index in [1.165, 1.54) is 0 Å². The first-order valence-corrected chi connectivity index (χ1v) is 6.47. The molecule has 0 saturated carbocycles. The van der Waals surface area contributed by atoms with E-state index in [-0.39, 0.29) is 43.7 Å². The number of hydrogen-bond acceptors (Lipinski definition) is 3. The first-order chi connectivity index (χ1) is 9.41. The summed E-state index contributed by atoms with van der Waals surface area (Å²) in [6.45, 7) is 7.92. The van der Waals surface area contributed by atoms with Crippen LogP contribution in [0.4, 0.5) is 0 Å². The Balaban J connectivity index is 0.00000220. The Labute approximate surface area is 148 Å². The summed E-state index contributed by atoms with van der Waals surface area (Å²) >= 11 is 0. The number of amides is 1. The van der Waals surface area contributed by atoms with E-state index in [2.05, 4.69) is 0 Å². The van der Waals surface area contributed by atoms with Gasteiger partial charge < -0.3 is 16.6 Å². The molecule has 4 nitrogen and oxygen atoms in total. The molecule has 0 saturated heterocycles. The molecule has 0 radical (unpaired) electrons. The second-order valence-corrected chi connectivity index (χ2v) is 4.93. The number of allylic oxidation sites excluding steroid dienone is 3. The SMILES string of the molecule is CC(C(N)=O)=C(C)C(C)=C(C)c1ccc2c(c1)OCO2.[H-].[Na+]. The molecule has 1 aliphatic heterocycles. The Kier molecular flexibility index (Phi) is 6.08. The van der Waals surface area contributed by atoms with Gasteiger partial charge in [-0.05, 0) is 62.1 Å². The average molecular weight is 297 g/mol. The van der Waals surface area contributed by atoms with Crippen molar-refractivity contribution in [3.05, 3.63) is 40.5 Å². The van der Waals surface area contributed by atoms with E-state index in [1.54, 1.807) is 6.92 Å². The van der Waals surface area contributed by atoms with Gasteiger partial charge >= 0.3 is 29.6 Å². The van der Waals surface area contributed by atoms with Crippen LogP contribution in [0.5, 0.6) is 11.5 Å². The number of rotatable bonds is 3. The zero-order valence-corrected chi connectivity index (χ0v) is 15.2. The van der Waals surface area contributed by atoms with Crippen LogP contribution in [0.3, 0.4) is 0 Å². The van der Waals surface area contributed by atoms with Gasteiger partial charge in [0, 0.05) is 5.57 Å². The average Bonchev–Trinajstić information content (AvgIpc) is 2.91. The van der Waals surface area contributed by atoms with Crippen molar-refractivity contribution in [1.82, 2.24) is 0 Å². The van der Waals surface area contributed by atoms with E-state index in [9.17, 15) is 4.79 Å². The summed E-state index contributed by atoms with van der Waals surface area (Å²) in [4.78, 5) is 11.3. The summed E-state index contributed by atoms with van der Waals surface area (Å²) in [6.07, 6.45) is 0. The van der Waals surface area contributed by atoms with Crippen molar-refractivity contribution in [3.8, 4) is 11.5 Å². The molecule has 1 aromatic rings. The number of ether oxygens (including phenoxy) is 2. The standard InChI is InChI=1S/C16H19NO3.Na.H/c1-9(10(2)12(4)16(17)18)11(3)13-5-6-14-15(7-13)20-8-19-14;;/h5-7H,8H2,1-4H3,(H2,17,18);;/q;+1;-1. The Bertz CT molecular complexity index is 638. The minimum absolute atomic E-state index is 0. The molecule has 0 bridgehead atoms. The molecule has 0 fully saturated rings. The number of primary amides is 1. The van der Waals surface area contributed by atoms with Crippen LogP contribution in [0.15, 0.2) is 34.9 Å². The molecule has 21 heavy (non-hydrogen) atoms. The van der Waals surface area contributed by atoms with E-state index >= 15 is 0 Å². The Hall–Kier alpha value is -1.23. The number of benzene rings is 1. The van der Waals surface area contributed by atoms with Crippen LogP contribution in [0.25, 0.3) is 5.57 Å². The molecule has 0 aliphatic carbocycles. The Morgan fingerprint density at radius 1 is 1.05 bits per heavy atom. The third kappa shape index (κ3) is 3.70. The maximum absolute atomic E-state index is 11.3. The number of fused-ring (bicyclic) bond motifs is 1. The molecule has 0 spiro atoms. The number of carbonyl (C=O) groups is 1. The molecular weight excluding hydrogens is 277 g/mol. The smallest absolute Gasteiger partial charge is 1.00 e. The minimum atomic E-state index is -0.389. The fourth-order valence-corrected chi connectivity index (χ4v) is 2.09. The predicted octanol–water partition coefficient (Wildman–Crippen LogP) is 0.147. The van der Waals surface area contributed by atoms with Crippen molar-refractivity contribution in [1.29, 1.82) is 0 Å². The molecule has 2 rings (SSSR count). The fourth-order valence-electron chi connectivity index (χ4n) is 2.09. The van der Waals surface area contributed by atoms with Gasteiger partial charge in [-0.2, -0.15) is 0 Å². The summed E-state index contributed by atoms with van der Waals surface area (Å²) in [5.74, 6) is 1.13. The Morgan fingerprint density at radius 3 is 2.29 bits per heavy atom. The first kappa shape index (κ1) is 17.8. The maximum atomic E-state index is 11.3. The summed E-state index contributed by atoms with van der Waals surface area (Å²) in [5.41, 5.74) is 10.00. The molecule has 1 aliphatic rings. The predicted molar refractivity (Wildman–Crippen MR) is 79.5 cm³/mol. The number of hydrogen-bond donors (Lipinski definition) is 1. The first-order valence-electron chi connectivity index (χ1n) is 6.47. The molecule has 0 unspecified atom stereocenters. The molecular formula is C16H20NNaO3. The third-order valence-corrected chi connectivity index (χ3v) is 3.86. The van der Waals surface area contributed by atoms with Crippen LogP contribution < -0.4 is 44.8 Å². The second kappa shape index (κ2) is 7.16. The van der Waals surface area contributed by atoms with Crippen molar-refractivity contribution in [3.63, 3.8) is 0 Å². The van der Waals surface area contributed by atoms with E-state index < -0.39 is 0 Å². The van der Waals surface area contributed by atoms with Crippen molar-refractivity contribution < 1.29 is 45.3 Å². The zero-order valence-electron chi connectivity index (χ0n) is 14.2. The number of nitrogens with two attached hydrogens (primary N) is 1. The van der Waals surface area contributed by atoms with Gasteiger partial charge in [-0.3, -0.25) is 4.79 Å². The van der Waals surface area contributed by atoms with E-state index in [0.29, 0.717) is 5.57 Å². The van der Waals surface area contributed by atoms with Crippen LogP contribution in [-0.4, -0.2) is 12.7 Å². The van der Waals surface area contributed by atoms with Crippen molar-refractivity contribution in [2.75, 3.05) is 6.79 Å². The van der Waals surface area contributed by atoms with E-state index in [0.717, 1.165) is 33.8 Å². The molecule has 1 aromatic carbocycles. The normalized spacial score (nSPS) is 14.9. The van der Waals surface area contributed by atoms with Gasteiger partial charge in [-0.25, -0.2) is 0 Å². The maximum Gasteiger partial charge on any atom is 1.00 e. The van der Waals surface area contributed by atoms with Gasteiger partial charge in [0.1, 0.15) is 0 Å². The molecule has 1 heterocycles. The third-order valence-electron chi connectivity index (χ3n) is 3.86. The van der Waals surface area contributed by atoms with Crippen LogP contribution >= 0.6 is 0 Å². The van der Waals surface area contributed by atoms with Gasteiger partial charge in [0.2, 0.25) is 12.7 Å². The van der Waals surface area contributed by atoms with Crippen LogP contribution in [-0.2, 0) is 4.79 Å². The molecule has 0 atom stereocenters. The minimum Gasteiger partial charge on any atom is -1.00 e. The monoisotopic (exact) mass is 297 g/mol. The fraction of sp³-hybridized carbons (Fsp3) is 0.312. The largest absolute Gasteiger partial charge is 1.00 e. The molecule has 108 valence electrons. The summed E-state index contributed by atoms with van der Waals surface area (Å²) in [7, 11) is 0. The van der Waals surface area contributed by atoms with E-state index in [1.807, 2.05) is 39.0 Å². The second-order valence-electron chi connectivity index (χ2n) is 4.93. The topological polar surface area (TPSA) is 61.6 Å². The molecule has 5 heteroatoms. The van der Waals surface area contributed by atoms with Crippen LogP contribution in [0.1, 0.15) is 34.7 Å². The van der Waals surface area contributed by atoms with Crippen molar-refractivity contribution >= 4 is 11.5 Å². The van der Waals surface area contributed by atoms with Crippen molar-refractivity contribution in [2.45, 2.75) is 27.7 Å². The van der Waals surface area contributed by atoms with Gasteiger partial charge in [-0.15, -0.1) is 0 Å². The van der Waals surface area contributed by atoms with Gasteiger partial charge in [0.05, 0.1) is 0 Å². The zero-order chi connectivity index (χ0) is 14.9. The van der Waals surface area contributed by atoms with E-state index in [4.69, 9.17) is 15.2 Å². The molecule has 0 aromatic heterocycles. The molecule has 1 amide bonds. The summed E-state index contributed by atoms with van der Waals surface area (Å²) in [5, 5.41) is 0. The number of carbonyl (C=O) groups excluding carboxylic acids is 1. The summed E-state index contributed by atoms with van der Waals surface area (Å²) < 4.78 is 10.7. The van der Waals surface area contributed by atoms with Gasteiger partial charge in [0.25, 0.3) is 0 Å². The quantitative estimate of drug-likeness (QED) is 0.491. The molecule has 2 N–H and O–H groups in total. The van der Waals surface area contributed by atoms with Gasteiger partial charge in [-0.1, -0.05) is 6.07 Å².